The number of nitrogens with zero attached hydrogens (tertiary/aromatic N) is 2. The fourth-order valence-electron chi connectivity index (χ4n) is 4.29. The fourth-order valence-corrected chi connectivity index (χ4v) is 5.52. The summed E-state index contributed by atoms with van der Waals surface area (Å²) in [4.78, 5) is 6.11. The van der Waals surface area contributed by atoms with Gasteiger partial charge in [-0.2, -0.15) is 5.26 Å². The molecule has 1 aliphatic rings. The number of nitriles is 1. The second kappa shape index (κ2) is 8.58. The summed E-state index contributed by atoms with van der Waals surface area (Å²) < 4.78 is 5.78. The van der Waals surface area contributed by atoms with Gasteiger partial charge in [0.15, 0.2) is 0 Å². The quantitative estimate of drug-likeness (QED) is 0.345. The highest BCUT2D eigenvalue weighted by atomic mass is 32.1. The third-order valence-corrected chi connectivity index (χ3v) is 7.30. The Hall–Kier alpha value is -3.08. The van der Waals surface area contributed by atoms with E-state index in [1.807, 2.05) is 30.5 Å². The van der Waals surface area contributed by atoms with Crippen LogP contribution in [0.25, 0.3) is 10.8 Å². The van der Waals surface area contributed by atoms with Crippen LogP contribution in [0.15, 0.2) is 41.4 Å². The molecule has 3 nitrogen and oxygen atoms in total. The van der Waals surface area contributed by atoms with Crippen LogP contribution in [0.3, 0.4) is 0 Å². The van der Waals surface area contributed by atoms with Crippen molar-refractivity contribution in [2.24, 2.45) is 16.3 Å². The molecule has 0 saturated carbocycles. The van der Waals surface area contributed by atoms with Crippen molar-refractivity contribution < 1.29 is 4.74 Å². The molecule has 31 heavy (non-hydrogen) atoms. The Morgan fingerprint density at radius 1 is 1.26 bits per heavy atom. The summed E-state index contributed by atoms with van der Waals surface area (Å²) in [5.74, 6) is 3.86. The molecule has 0 bridgehead atoms. The number of hydrogen-bond donors (Lipinski definition) is 0. The highest BCUT2D eigenvalue weighted by Crippen LogP contribution is 2.45. The van der Waals surface area contributed by atoms with Crippen molar-refractivity contribution in [3.8, 4) is 24.2 Å². The Morgan fingerprint density at radius 3 is 2.81 bits per heavy atom. The molecular weight excluding hydrogens is 400 g/mol. The van der Waals surface area contributed by atoms with Crippen LogP contribution in [-0.2, 0) is 12.8 Å². The summed E-state index contributed by atoms with van der Waals surface area (Å²) in [6.07, 6.45) is 10.3. The normalized spacial score (nSPS) is 16.1. The Bertz CT molecular complexity index is 1230. The zero-order valence-corrected chi connectivity index (χ0v) is 19.1. The molecule has 4 heteroatoms. The molecule has 0 spiro atoms. The van der Waals surface area contributed by atoms with E-state index in [0.717, 1.165) is 46.2 Å². The summed E-state index contributed by atoms with van der Waals surface area (Å²) in [5, 5.41) is 12.8. The van der Waals surface area contributed by atoms with Gasteiger partial charge < -0.3 is 4.74 Å². The second-order valence-electron chi connectivity index (χ2n) is 9.05. The van der Waals surface area contributed by atoms with Crippen LogP contribution in [0.1, 0.15) is 48.8 Å². The van der Waals surface area contributed by atoms with Gasteiger partial charge in [0.1, 0.15) is 23.4 Å². The Balaban J connectivity index is 1.75. The first kappa shape index (κ1) is 21.2. The molecular formula is C27H26N2OS. The van der Waals surface area contributed by atoms with E-state index in [-0.39, 0.29) is 12.0 Å². The molecule has 0 N–H and O–H groups in total. The van der Waals surface area contributed by atoms with Gasteiger partial charge in [0, 0.05) is 16.7 Å². The molecule has 1 aromatic heterocycles. The van der Waals surface area contributed by atoms with Gasteiger partial charge in [-0.3, -0.25) is 0 Å². The summed E-state index contributed by atoms with van der Waals surface area (Å²) in [6, 6.07) is 14.5. The minimum Gasteiger partial charge on any atom is -0.480 e. The van der Waals surface area contributed by atoms with Crippen molar-refractivity contribution in [3.63, 3.8) is 0 Å². The molecule has 4 rings (SSSR count). The van der Waals surface area contributed by atoms with E-state index in [4.69, 9.17) is 16.2 Å². The maximum Gasteiger partial charge on any atom is 0.148 e. The average Bonchev–Trinajstić information content (AvgIpc) is 3.12. The van der Waals surface area contributed by atoms with Gasteiger partial charge in [0.25, 0.3) is 0 Å². The number of ether oxygens (including phenoxy) is 1. The van der Waals surface area contributed by atoms with Crippen LogP contribution < -0.4 is 4.74 Å². The Labute approximate surface area is 188 Å². The second-order valence-corrected chi connectivity index (χ2v) is 10.1. The third kappa shape index (κ3) is 4.22. The summed E-state index contributed by atoms with van der Waals surface area (Å²) in [6.45, 7) is 7.11. The molecule has 0 amide bonds. The van der Waals surface area contributed by atoms with Gasteiger partial charge in [0.05, 0.1) is 5.56 Å². The molecule has 3 aromatic rings. The van der Waals surface area contributed by atoms with Crippen LogP contribution in [0.2, 0.25) is 0 Å². The summed E-state index contributed by atoms with van der Waals surface area (Å²) in [5.41, 5.74) is 3.08. The predicted octanol–water partition coefficient (Wildman–Crippen LogP) is 6.69. The van der Waals surface area contributed by atoms with E-state index in [2.05, 4.69) is 44.9 Å². The molecule has 1 aliphatic carbocycles. The first-order valence-corrected chi connectivity index (χ1v) is 11.4. The van der Waals surface area contributed by atoms with E-state index >= 15 is 0 Å². The number of terminal acetylenes is 1. The smallest absolute Gasteiger partial charge is 0.148 e. The Kier molecular flexibility index (Phi) is 5.86. The van der Waals surface area contributed by atoms with Gasteiger partial charge in [-0.25, -0.2) is 4.99 Å². The zero-order chi connectivity index (χ0) is 22.0. The maximum absolute atomic E-state index is 9.86. The van der Waals surface area contributed by atoms with Crippen LogP contribution in [-0.4, -0.2) is 12.8 Å². The molecule has 0 fully saturated rings. The summed E-state index contributed by atoms with van der Waals surface area (Å²) in [7, 11) is 0. The molecule has 2 aromatic carbocycles. The highest BCUT2D eigenvalue weighted by molar-refractivity contribution is 7.16. The lowest BCUT2D eigenvalue weighted by Crippen LogP contribution is -2.26. The first-order chi connectivity index (χ1) is 14.9. The van der Waals surface area contributed by atoms with E-state index in [9.17, 15) is 5.26 Å². The molecule has 1 heterocycles. The number of fused-ring (bicyclic) bond motifs is 2. The van der Waals surface area contributed by atoms with Crippen molar-refractivity contribution in [1.82, 2.24) is 0 Å². The van der Waals surface area contributed by atoms with E-state index in [0.29, 0.717) is 11.7 Å². The van der Waals surface area contributed by atoms with Gasteiger partial charge in [-0.05, 0) is 53.0 Å². The van der Waals surface area contributed by atoms with Gasteiger partial charge in [-0.15, -0.1) is 17.8 Å². The molecule has 0 saturated heterocycles. The van der Waals surface area contributed by atoms with Crippen LogP contribution in [0.5, 0.6) is 5.75 Å². The van der Waals surface area contributed by atoms with Crippen molar-refractivity contribution in [3.05, 3.63) is 58.0 Å². The first-order valence-electron chi connectivity index (χ1n) is 10.6. The largest absolute Gasteiger partial charge is 0.480 e. The lowest BCUT2D eigenvalue weighted by molar-refractivity contribution is 0.218. The molecule has 0 unspecified atom stereocenters. The number of hydrogen-bond acceptors (Lipinski definition) is 4. The monoisotopic (exact) mass is 426 g/mol. The SMILES string of the molecule is C#CCOc1ccc2ccccc2c1C=Nc1sc2c(c1C#N)CC[C@@H](C(C)(C)C)C2. The number of aliphatic imine (C=N–C) groups is 1. The van der Waals surface area contributed by atoms with E-state index in [1.54, 1.807) is 11.3 Å². The van der Waals surface area contributed by atoms with Crippen molar-refractivity contribution in [1.29, 1.82) is 5.26 Å². The minimum absolute atomic E-state index is 0.199. The number of benzene rings is 2. The zero-order valence-electron chi connectivity index (χ0n) is 18.2. The molecule has 0 radical (unpaired) electrons. The number of rotatable bonds is 4. The molecule has 0 aliphatic heterocycles. The standard InChI is InChI=1S/C27H26N2OS/c1-5-14-30-24-13-10-18-8-6-7-9-20(18)23(24)17-29-26-22(16-28)21-12-11-19(27(2,3)4)15-25(21)31-26/h1,6-10,13,17,19H,11-12,14-15H2,2-4H3/t19-/m1/s1. The maximum atomic E-state index is 9.86. The summed E-state index contributed by atoms with van der Waals surface area (Å²) >= 11 is 1.66. The van der Waals surface area contributed by atoms with E-state index in [1.165, 1.54) is 10.4 Å². The minimum atomic E-state index is 0.199. The number of thiophene rings is 1. The Morgan fingerprint density at radius 2 is 2.06 bits per heavy atom. The van der Waals surface area contributed by atoms with E-state index < -0.39 is 0 Å². The molecule has 156 valence electrons. The van der Waals surface area contributed by atoms with Crippen LogP contribution >= 0.6 is 11.3 Å². The lowest BCUT2D eigenvalue weighted by atomic mass is 9.72. The highest BCUT2D eigenvalue weighted by Gasteiger charge is 2.32. The molecule has 1 atom stereocenters. The van der Waals surface area contributed by atoms with Gasteiger partial charge in [0.2, 0.25) is 0 Å². The fraction of sp³-hybridized carbons (Fsp3) is 0.333. The topological polar surface area (TPSA) is 45.4 Å². The van der Waals surface area contributed by atoms with Gasteiger partial charge in [-0.1, -0.05) is 57.0 Å². The predicted molar refractivity (Wildman–Crippen MR) is 130 cm³/mol. The van der Waals surface area contributed by atoms with Gasteiger partial charge >= 0.3 is 0 Å². The van der Waals surface area contributed by atoms with Crippen molar-refractivity contribution in [2.75, 3.05) is 6.61 Å². The lowest BCUT2D eigenvalue weighted by Gasteiger charge is -2.33. The average molecular weight is 427 g/mol. The van der Waals surface area contributed by atoms with Crippen LogP contribution in [0, 0.1) is 35.0 Å². The van der Waals surface area contributed by atoms with Crippen molar-refractivity contribution >= 4 is 33.3 Å². The van der Waals surface area contributed by atoms with Crippen molar-refractivity contribution in [2.45, 2.75) is 40.0 Å². The van der Waals surface area contributed by atoms with Crippen LogP contribution in [0.4, 0.5) is 5.00 Å². The third-order valence-electron chi connectivity index (χ3n) is 6.14.